The molecule has 0 aliphatic rings. The number of hydrogen-bond donors (Lipinski definition) is 1. The molecule has 9 heteroatoms. The largest absolute Gasteiger partial charge is 0.467 e. The highest BCUT2D eigenvalue weighted by Crippen LogP contribution is 2.31. The summed E-state index contributed by atoms with van der Waals surface area (Å²) in [4.78, 5) is 10.8. The van der Waals surface area contributed by atoms with Crippen LogP contribution in [0.4, 0.5) is 17.1 Å². The Labute approximate surface area is 162 Å². The molecule has 1 N–H and O–H groups in total. The minimum absolute atomic E-state index is 0.145. The molecule has 0 radical (unpaired) electrons. The molecular formula is C19H19N3O5S. The van der Waals surface area contributed by atoms with Gasteiger partial charge in [-0.25, -0.2) is 8.42 Å². The lowest BCUT2D eigenvalue weighted by molar-refractivity contribution is -0.384. The molecule has 0 saturated heterocycles. The molecule has 0 unspecified atom stereocenters. The Bertz CT molecular complexity index is 1050. The van der Waals surface area contributed by atoms with Crippen LogP contribution in [0.15, 0.2) is 76.2 Å². The number of para-hydroxylation sites is 1. The van der Waals surface area contributed by atoms with Gasteiger partial charge in [0.2, 0.25) is 0 Å². The zero-order valence-electron chi connectivity index (χ0n) is 15.1. The summed E-state index contributed by atoms with van der Waals surface area (Å²) >= 11 is 0. The van der Waals surface area contributed by atoms with Crippen molar-refractivity contribution in [3.63, 3.8) is 0 Å². The third kappa shape index (κ3) is 3.99. The molecule has 1 heterocycles. The number of sulfonamides is 1. The van der Waals surface area contributed by atoms with E-state index >= 15 is 0 Å². The van der Waals surface area contributed by atoms with Crippen molar-refractivity contribution < 1.29 is 17.8 Å². The van der Waals surface area contributed by atoms with E-state index in [1.165, 1.54) is 22.7 Å². The van der Waals surface area contributed by atoms with Crippen LogP contribution in [0.3, 0.4) is 0 Å². The molecule has 146 valence electrons. The number of rotatable bonds is 8. The Morgan fingerprint density at radius 1 is 1.11 bits per heavy atom. The number of nitro benzene ring substituents is 1. The average Bonchev–Trinajstić information content (AvgIpc) is 3.21. The Morgan fingerprint density at radius 3 is 2.46 bits per heavy atom. The molecule has 28 heavy (non-hydrogen) atoms. The van der Waals surface area contributed by atoms with Crippen LogP contribution >= 0.6 is 0 Å². The first-order valence-corrected chi connectivity index (χ1v) is 10.00. The predicted octanol–water partition coefficient (Wildman–Crippen LogP) is 4.02. The molecule has 0 saturated carbocycles. The number of benzene rings is 2. The molecule has 0 amide bonds. The number of furan rings is 1. The third-order valence-electron chi connectivity index (χ3n) is 4.12. The molecule has 0 spiro atoms. The average molecular weight is 401 g/mol. The van der Waals surface area contributed by atoms with Gasteiger partial charge < -0.3 is 9.73 Å². The van der Waals surface area contributed by atoms with Gasteiger partial charge >= 0.3 is 0 Å². The summed E-state index contributed by atoms with van der Waals surface area (Å²) < 4.78 is 32.5. The monoisotopic (exact) mass is 401 g/mol. The van der Waals surface area contributed by atoms with Crippen LogP contribution in [0.2, 0.25) is 0 Å². The van der Waals surface area contributed by atoms with E-state index < -0.39 is 14.9 Å². The summed E-state index contributed by atoms with van der Waals surface area (Å²) in [6, 6.07) is 15.9. The van der Waals surface area contributed by atoms with Crippen molar-refractivity contribution in [3.05, 3.63) is 82.8 Å². The molecule has 0 aliphatic carbocycles. The maximum atomic E-state index is 13.1. The van der Waals surface area contributed by atoms with E-state index in [9.17, 15) is 18.5 Å². The second kappa shape index (κ2) is 8.13. The Balaban J connectivity index is 1.95. The van der Waals surface area contributed by atoms with Crippen molar-refractivity contribution in [2.24, 2.45) is 0 Å². The lowest BCUT2D eigenvalue weighted by Gasteiger charge is -2.23. The van der Waals surface area contributed by atoms with Crippen LogP contribution < -0.4 is 9.62 Å². The first-order chi connectivity index (χ1) is 13.4. The van der Waals surface area contributed by atoms with E-state index in [-0.39, 0.29) is 29.4 Å². The lowest BCUT2D eigenvalue weighted by atomic mass is 10.2. The maximum Gasteiger partial charge on any atom is 0.293 e. The number of anilines is 2. The maximum absolute atomic E-state index is 13.1. The summed E-state index contributed by atoms with van der Waals surface area (Å²) in [5.74, 6) is 0.604. The second-order valence-electron chi connectivity index (χ2n) is 5.87. The van der Waals surface area contributed by atoms with Gasteiger partial charge in [0.05, 0.1) is 28.3 Å². The molecule has 3 aromatic rings. The lowest BCUT2D eigenvalue weighted by Crippen LogP contribution is -2.30. The van der Waals surface area contributed by atoms with Crippen molar-refractivity contribution in [2.75, 3.05) is 16.2 Å². The fourth-order valence-corrected chi connectivity index (χ4v) is 4.27. The van der Waals surface area contributed by atoms with Crippen LogP contribution in [0.1, 0.15) is 12.7 Å². The Morgan fingerprint density at radius 2 is 1.86 bits per heavy atom. The van der Waals surface area contributed by atoms with E-state index in [0.29, 0.717) is 11.4 Å². The summed E-state index contributed by atoms with van der Waals surface area (Å²) in [6.45, 7) is 2.14. The van der Waals surface area contributed by atoms with Crippen molar-refractivity contribution in [2.45, 2.75) is 18.4 Å². The van der Waals surface area contributed by atoms with E-state index in [4.69, 9.17) is 4.42 Å². The fraction of sp³-hybridized carbons (Fsp3) is 0.158. The molecule has 0 atom stereocenters. The Hall–Kier alpha value is -3.33. The summed E-state index contributed by atoms with van der Waals surface area (Å²) in [6.07, 6.45) is 1.50. The van der Waals surface area contributed by atoms with Crippen molar-refractivity contribution in [1.82, 2.24) is 0 Å². The first-order valence-electron chi connectivity index (χ1n) is 8.56. The van der Waals surface area contributed by atoms with Crippen molar-refractivity contribution >= 4 is 27.1 Å². The van der Waals surface area contributed by atoms with Crippen molar-refractivity contribution in [1.29, 1.82) is 0 Å². The van der Waals surface area contributed by atoms with Crippen molar-refractivity contribution in [3.8, 4) is 0 Å². The van der Waals surface area contributed by atoms with Crippen LogP contribution in [-0.4, -0.2) is 19.9 Å². The summed E-state index contributed by atoms with van der Waals surface area (Å²) in [7, 11) is -3.95. The van der Waals surface area contributed by atoms with Gasteiger partial charge in [0.1, 0.15) is 11.4 Å². The summed E-state index contributed by atoms with van der Waals surface area (Å²) in [5.41, 5.74) is 0.382. The number of hydrogen-bond acceptors (Lipinski definition) is 6. The van der Waals surface area contributed by atoms with Crippen LogP contribution in [0.5, 0.6) is 0 Å². The Kier molecular flexibility index (Phi) is 5.65. The highest BCUT2D eigenvalue weighted by molar-refractivity contribution is 7.92. The zero-order chi connectivity index (χ0) is 20.1. The van der Waals surface area contributed by atoms with E-state index in [0.717, 1.165) is 6.07 Å². The zero-order valence-corrected chi connectivity index (χ0v) is 15.9. The quantitative estimate of drug-likeness (QED) is 0.451. The molecule has 0 aliphatic heterocycles. The SMILES string of the molecule is CCN(c1ccccc1)S(=O)(=O)c1ccc(NCc2ccco2)c([N+](=O)[O-])c1. The van der Waals surface area contributed by atoms with Gasteiger partial charge in [-0.2, -0.15) is 0 Å². The smallest absolute Gasteiger partial charge is 0.293 e. The van der Waals surface area contributed by atoms with Gasteiger partial charge in [-0.1, -0.05) is 18.2 Å². The molecular weight excluding hydrogens is 382 g/mol. The first kappa shape index (κ1) is 19.4. The van der Waals surface area contributed by atoms with Gasteiger partial charge in [0.25, 0.3) is 15.7 Å². The molecule has 2 aromatic carbocycles. The number of nitrogens with zero attached hydrogens (tertiary/aromatic N) is 2. The van der Waals surface area contributed by atoms with E-state index in [1.807, 2.05) is 0 Å². The van der Waals surface area contributed by atoms with Gasteiger partial charge in [-0.15, -0.1) is 0 Å². The van der Waals surface area contributed by atoms with Gasteiger partial charge in [-0.05, 0) is 43.3 Å². The fourth-order valence-electron chi connectivity index (χ4n) is 2.78. The highest BCUT2D eigenvalue weighted by Gasteiger charge is 2.27. The van der Waals surface area contributed by atoms with E-state index in [1.54, 1.807) is 49.4 Å². The van der Waals surface area contributed by atoms with E-state index in [2.05, 4.69) is 5.32 Å². The molecule has 1 aromatic heterocycles. The molecule has 0 bridgehead atoms. The minimum Gasteiger partial charge on any atom is -0.467 e. The molecule has 0 fully saturated rings. The normalized spacial score (nSPS) is 11.2. The van der Waals surface area contributed by atoms with Crippen LogP contribution in [0, 0.1) is 10.1 Å². The van der Waals surface area contributed by atoms with Gasteiger partial charge in [-0.3, -0.25) is 14.4 Å². The third-order valence-corrected chi connectivity index (χ3v) is 6.02. The predicted molar refractivity (Wildman–Crippen MR) is 106 cm³/mol. The van der Waals surface area contributed by atoms with Crippen LogP contribution in [0.25, 0.3) is 0 Å². The van der Waals surface area contributed by atoms with Crippen LogP contribution in [-0.2, 0) is 16.6 Å². The van der Waals surface area contributed by atoms with Gasteiger partial charge in [0.15, 0.2) is 0 Å². The highest BCUT2D eigenvalue weighted by atomic mass is 32.2. The minimum atomic E-state index is -3.95. The molecule has 3 rings (SSSR count). The topological polar surface area (TPSA) is 106 Å². The van der Waals surface area contributed by atoms with Gasteiger partial charge in [0, 0.05) is 12.6 Å². The number of nitrogens with one attached hydrogen (secondary N) is 1. The standard InChI is InChI=1S/C19H19N3O5S/c1-2-21(15-7-4-3-5-8-15)28(25,26)17-10-11-18(19(13-17)22(23)24)20-14-16-9-6-12-27-16/h3-13,20H,2,14H2,1H3. The summed E-state index contributed by atoms with van der Waals surface area (Å²) in [5, 5.41) is 14.4. The number of nitro groups is 1. The second-order valence-corrected chi connectivity index (χ2v) is 7.74. The molecule has 8 nitrogen and oxygen atoms in total.